The van der Waals surface area contributed by atoms with Crippen LogP contribution < -0.4 is 10.7 Å². The average Bonchev–Trinajstić information content (AvgIpc) is 2.76. The molecule has 0 aliphatic carbocycles. The number of nitrogens with one attached hydrogen (secondary N) is 1. The summed E-state index contributed by atoms with van der Waals surface area (Å²) in [6, 6.07) is 14.1. The molecule has 1 N–H and O–H groups in total. The van der Waals surface area contributed by atoms with E-state index in [4.69, 9.17) is 0 Å². The molecular weight excluding hydrogens is 376 g/mol. The molecule has 4 rings (SSSR count). The third-order valence-corrected chi connectivity index (χ3v) is 5.82. The highest BCUT2D eigenvalue weighted by molar-refractivity contribution is 5.97. The molecule has 1 fully saturated rings. The van der Waals surface area contributed by atoms with Crippen molar-refractivity contribution >= 4 is 16.9 Å². The van der Waals surface area contributed by atoms with Crippen molar-refractivity contribution in [1.82, 2.24) is 19.8 Å². The molecule has 1 aromatic carbocycles. The van der Waals surface area contributed by atoms with Crippen molar-refractivity contribution in [3.63, 3.8) is 0 Å². The van der Waals surface area contributed by atoms with Crippen molar-refractivity contribution in [3.8, 4) is 0 Å². The monoisotopic (exact) mass is 404 g/mol. The van der Waals surface area contributed by atoms with E-state index in [1.54, 1.807) is 12.3 Å². The Hall–Kier alpha value is -2.99. The van der Waals surface area contributed by atoms with E-state index in [2.05, 4.69) is 39.5 Å². The normalized spacial score (nSPS) is 15.4. The number of fused-ring (bicyclic) bond motifs is 1. The first kappa shape index (κ1) is 20.3. The van der Waals surface area contributed by atoms with Gasteiger partial charge >= 0.3 is 0 Å². The zero-order chi connectivity index (χ0) is 21.1. The van der Waals surface area contributed by atoms with Crippen LogP contribution in [0.15, 0.2) is 53.5 Å². The summed E-state index contributed by atoms with van der Waals surface area (Å²) in [5.74, 6) is -0.286. The number of nitrogens with zero attached hydrogens (tertiary/aromatic N) is 3. The number of carbonyl (C=O) groups is 1. The predicted molar refractivity (Wildman–Crippen MR) is 119 cm³/mol. The molecule has 1 aliphatic heterocycles. The van der Waals surface area contributed by atoms with Crippen LogP contribution in [0.5, 0.6) is 0 Å². The minimum Gasteiger partial charge on any atom is -0.349 e. The maximum absolute atomic E-state index is 12.9. The largest absolute Gasteiger partial charge is 0.349 e. The van der Waals surface area contributed by atoms with Gasteiger partial charge in [-0.25, -0.2) is 4.98 Å². The van der Waals surface area contributed by atoms with Gasteiger partial charge in [0, 0.05) is 44.1 Å². The molecule has 1 saturated heterocycles. The fourth-order valence-electron chi connectivity index (χ4n) is 4.10. The number of pyridine rings is 2. The molecule has 0 spiro atoms. The maximum Gasteiger partial charge on any atom is 0.256 e. The summed E-state index contributed by atoms with van der Waals surface area (Å²) in [7, 11) is 0. The number of amides is 1. The van der Waals surface area contributed by atoms with Gasteiger partial charge in [0.05, 0.1) is 5.39 Å². The lowest BCUT2D eigenvalue weighted by atomic mass is 10.0. The van der Waals surface area contributed by atoms with E-state index in [-0.39, 0.29) is 22.9 Å². The van der Waals surface area contributed by atoms with Gasteiger partial charge in [-0.2, -0.15) is 0 Å². The van der Waals surface area contributed by atoms with Gasteiger partial charge in [0.25, 0.3) is 5.91 Å². The molecule has 6 heteroatoms. The standard InChI is InChI=1S/C24H28N4O2/c1-3-28-16-21(22(29)20-10-9-17(2)25-23(20)28)24(30)26-19-11-13-27(14-12-19)15-18-7-5-4-6-8-18/h4-10,16,19H,3,11-15H2,1-2H3,(H,26,30). The zero-order valence-electron chi connectivity index (χ0n) is 17.6. The topological polar surface area (TPSA) is 67.2 Å². The highest BCUT2D eigenvalue weighted by Gasteiger charge is 2.23. The second kappa shape index (κ2) is 8.79. The summed E-state index contributed by atoms with van der Waals surface area (Å²) < 4.78 is 1.88. The Kier molecular flexibility index (Phi) is 5.95. The summed E-state index contributed by atoms with van der Waals surface area (Å²) in [5, 5.41) is 3.58. The molecule has 0 bridgehead atoms. The third kappa shape index (κ3) is 4.28. The quantitative estimate of drug-likeness (QED) is 0.710. The van der Waals surface area contributed by atoms with Gasteiger partial charge in [-0.05, 0) is 44.4 Å². The highest BCUT2D eigenvalue weighted by Crippen LogP contribution is 2.15. The number of aryl methyl sites for hydroxylation is 2. The Balaban J connectivity index is 1.44. The summed E-state index contributed by atoms with van der Waals surface area (Å²) in [6.07, 6.45) is 3.42. The Morgan fingerprint density at radius 3 is 2.57 bits per heavy atom. The van der Waals surface area contributed by atoms with Crippen LogP contribution in [-0.2, 0) is 13.1 Å². The zero-order valence-corrected chi connectivity index (χ0v) is 17.6. The molecule has 1 aliphatic rings. The first-order valence-electron chi connectivity index (χ1n) is 10.6. The SMILES string of the molecule is CCn1cc(C(=O)NC2CCN(Cc3ccccc3)CC2)c(=O)c2ccc(C)nc21. The second-order valence-corrected chi connectivity index (χ2v) is 7.99. The Bertz CT molecular complexity index is 1100. The first-order valence-corrected chi connectivity index (χ1v) is 10.6. The molecule has 0 atom stereocenters. The average molecular weight is 405 g/mol. The molecule has 30 heavy (non-hydrogen) atoms. The summed E-state index contributed by atoms with van der Waals surface area (Å²) in [4.78, 5) is 32.8. The van der Waals surface area contributed by atoms with E-state index in [0.29, 0.717) is 17.6 Å². The predicted octanol–water partition coefficient (Wildman–Crippen LogP) is 3.12. The van der Waals surface area contributed by atoms with Crippen LogP contribution in [0.1, 0.15) is 41.4 Å². The number of carbonyl (C=O) groups excluding carboxylic acids is 1. The van der Waals surface area contributed by atoms with Crippen LogP contribution in [-0.4, -0.2) is 39.5 Å². The molecule has 156 valence electrons. The number of hydrogen-bond acceptors (Lipinski definition) is 4. The van der Waals surface area contributed by atoms with Gasteiger partial charge in [-0.1, -0.05) is 30.3 Å². The number of hydrogen-bond donors (Lipinski definition) is 1. The Morgan fingerprint density at radius 2 is 1.87 bits per heavy atom. The Labute approximate surface area is 176 Å². The van der Waals surface area contributed by atoms with Gasteiger partial charge in [-0.15, -0.1) is 0 Å². The number of benzene rings is 1. The molecule has 2 aromatic heterocycles. The van der Waals surface area contributed by atoms with Crippen LogP contribution in [0.25, 0.3) is 11.0 Å². The minimum atomic E-state index is -0.286. The van der Waals surface area contributed by atoms with Crippen LogP contribution in [0, 0.1) is 6.92 Å². The van der Waals surface area contributed by atoms with Crippen LogP contribution in [0.4, 0.5) is 0 Å². The van der Waals surface area contributed by atoms with Gasteiger partial charge in [0.15, 0.2) is 0 Å². The number of piperidine rings is 1. The van der Waals surface area contributed by atoms with Crippen molar-refractivity contribution in [3.05, 3.63) is 75.7 Å². The molecule has 0 radical (unpaired) electrons. The van der Waals surface area contributed by atoms with E-state index >= 15 is 0 Å². The number of rotatable bonds is 5. The van der Waals surface area contributed by atoms with Crippen molar-refractivity contribution in [2.45, 2.75) is 45.8 Å². The maximum atomic E-state index is 12.9. The van der Waals surface area contributed by atoms with Crippen LogP contribution in [0.2, 0.25) is 0 Å². The number of aromatic nitrogens is 2. The minimum absolute atomic E-state index is 0.0887. The van der Waals surface area contributed by atoms with E-state index in [1.807, 2.05) is 30.5 Å². The van der Waals surface area contributed by atoms with Crippen molar-refractivity contribution in [2.24, 2.45) is 0 Å². The van der Waals surface area contributed by atoms with Gasteiger partial charge in [-0.3, -0.25) is 14.5 Å². The van der Waals surface area contributed by atoms with Crippen LogP contribution >= 0.6 is 0 Å². The van der Waals surface area contributed by atoms with Crippen molar-refractivity contribution in [2.75, 3.05) is 13.1 Å². The fourth-order valence-corrected chi connectivity index (χ4v) is 4.10. The van der Waals surface area contributed by atoms with E-state index in [9.17, 15) is 9.59 Å². The summed E-state index contributed by atoms with van der Waals surface area (Å²) in [5.41, 5.74) is 2.74. The first-order chi connectivity index (χ1) is 14.5. The van der Waals surface area contributed by atoms with Gasteiger partial charge < -0.3 is 9.88 Å². The number of likely N-dealkylation sites (tertiary alicyclic amines) is 1. The van der Waals surface area contributed by atoms with E-state index in [1.165, 1.54) is 5.56 Å². The van der Waals surface area contributed by atoms with Gasteiger partial charge in [0.1, 0.15) is 11.2 Å². The molecule has 6 nitrogen and oxygen atoms in total. The van der Waals surface area contributed by atoms with Crippen molar-refractivity contribution in [1.29, 1.82) is 0 Å². The lowest BCUT2D eigenvalue weighted by Crippen LogP contribution is -2.45. The van der Waals surface area contributed by atoms with Crippen molar-refractivity contribution < 1.29 is 4.79 Å². The lowest BCUT2D eigenvalue weighted by Gasteiger charge is -2.32. The molecule has 3 aromatic rings. The Morgan fingerprint density at radius 1 is 1.13 bits per heavy atom. The highest BCUT2D eigenvalue weighted by atomic mass is 16.2. The lowest BCUT2D eigenvalue weighted by molar-refractivity contribution is 0.0907. The second-order valence-electron chi connectivity index (χ2n) is 7.99. The van der Waals surface area contributed by atoms with E-state index < -0.39 is 0 Å². The molecule has 0 saturated carbocycles. The third-order valence-electron chi connectivity index (χ3n) is 5.82. The molecule has 1 amide bonds. The smallest absolute Gasteiger partial charge is 0.256 e. The summed E-state index contributed by atoms with van der Waals surface area (Å²) >= 11 is 0. The van der Waals surface area contributed by atoms with E-state index in [0.717, 1.165) is 38.2 Å². The summed E-state index contributed by atoms with van der Waals surface area (Å²) in [6.45, 7) is 7.32. The molecule has 0 unspecified atom stereocenters. The molecule has 3 heterocycles. The van der Waals surface area contributed by atoms with Gasteiger partial charge in [0.2, 0.25) is 5.43 Å². The van der Waals surface area contributed by atoms with Crippen LogP contribution in [0.3, 0.4) is 0 Å². The fraction of sp³-hybridized carbons (Fsp3) is 0.375. The molecular formula is C24H28N4O2.